The van der Waals surface area contributed by atoms with Gasteiger partial charge in [-0.05, 0) is 42.4 Å². The van der Waals surface area contributed by atoms with Gasteiger partial charge < -0.3 is 5.32 Å². The molecule has 0 aromatic heterocycles. The Labute approximate surface area is 190 Å². The number of aryl methyl sites for hydroxylation is 1. The van der Waals surface area contributed by atoms with E-state index < -0.39 is 16.9 Å². The molecular weight excluding hydrogens is 422 g/mol. The molecule has 1 N–H and O–H groups in total. The molecule has 5 unspecified atom stereocenters. The summed E-state index contributed by atoms with van der Waals surface area (Å²) in [5.74, 6) is -1.38. The zero-order valence-electron chi connectivity index (χ0n) is 18.0. The molecule has 1 heterocycles. The standard InChI is InChI=1S/C25H23N3O5/c1-14-5-2-3-8-19(14)20(13-21(29)26-17-6-4-7-18(12-17)28(32)33)27-24(30)22-15-9-10-16(11-15)23(22)25(27)31/h2-10,12,15-16,20,22-23H,11,13H2,1H3,(H,26,29). The molecule has 1 saturated heterocycles. The van der Waals surface area contributed by atoms with E-state index in [9.17, 15) is 24.5 Å². The van der Waals surface area contributed by atoms with E-state index in [1.807, 2.05) is 43.3 Å². The predicted molar refractivity (Wildman–Crippen MR) is 120 cm³/mol. The van der Waals surface area contributed by atoms with E-state index in [1.54, 1.807) is 6.07 Å². The van der Waals surface area contributed by atoms with Gasteiger partial charge in [0.05, 0.1) is 29.2 Å². The topological polar surface area (TPSA) is 110 Å². The van der Waals surface area contributed by atoms with Gasteiger partial charge in [-0.15, -0.1) is 0 Å². The van der Waals surface area contributed by atoms with Gasteiger partial charge in [-0.2, -0.15) is 0 Å². The van der Waals surface area contributed by atoms with Crippen LogP contribution >= 0.6 is 0 Å². The number of hydrogen-bond acceptors (Lipinski definition) is 5. The van der Waals surface area contributed by atoms with Crippen molar-refractivity contribution in [1.29, 1.82) is 0 Å². The molecule has 0 radical (unpaired) electrons. The smallest absolute Gasteiger partial charge is 0.271 e. The summed E-state index contributed by atoms with van der Waals surface area (Å²) in [7, 11) is 0. The molecular formula is C25H23N3O5. The number of nitrogens with one attached hydrogen (secondary N) is 1. The summed E-state index contributed by atoms with van der Waals surface area (Å²) in [6.07, 6.45) is 4.78. The zero-order valence-corrected chi connectivity index (χ0v) is 18.0. The van der Waals surface area contributed by atoms with E-state index in [4.69, 9.17) is 0 Å². The first-order valence-corrected chi connectivity index (χ1v) is 11.0. The Morgan fingerprint density at radius 2 is 1.76 bits per heavy atom. The summed E-state index contributed by atoms with van der Waals surface area (Å²) in [4.78, 5) is 51.7. The third-order valence-corrected chi connectivity index (χ3v) is 7.08. The van der Waals surface area contributed by atoms with Gasteiger partial charge >= 0.3 is 0 Å². The molecule has 3 aliphatic rings. The number of likely N-dealkylation sites (tertiary alicyclic amines) is 1. The van der Waals surface area contributed by atoms with Crippen molar-refractivity contribution in [2.75, 3.05) is 5.32 Å². The quantitative estimate of drug-likeness (QED) is 0.315. The number of hydrogen-bond donors (Lipinski definition) is 1. The summed E-state index contributed by atoms with van der Waals surface area (Å²) in [6.45, 7) is 1.89. The Bertz CT molecular complexity index is 1180. The lowest BCUT2D eigenvalue weighted by Gasteiger charge is -2.29. The minimum atomic E-state index is -0.741. The van der Waals surface area contributed by atoms with Gasteiger partial charge in [0.2, 0.25) is 17.7 Å². The third-order valence-electron chi connectivity index (χ3n) is 7.08. The molecule has 8 nitrogen and oxygen atoms in total. The molecule has 168 valence electrons. The zero-order chi connectivity index (χ0) is 23.3. The highest BCUT2D eigenvalue weighted by Crippen LogP contribution is 2.54. The first kappa shape index (κ1) is 21.1. The van der Waals surface area contributed by atoms with E-state index in [2.05, 4.69) is 5.32 Å². The van der Waals surface area contributed by atoms with Crippen LogP contribution in [0.4, 0.5) is 11.4 Å². The van der Waals surface area contributed by atoms with Gasteiger partial charge in [0.25, 0.3) is 5.69 Å². The number of anilines is 1. The highest BCUT2D eigenvalue weighted by molar-refractivity contribution is 6.07. The van der Waals surface area contributed by atoms with Crippen molar-refractivity contribution in [3.63, 3.8) is 0 Å². The van der Waals surface area contributed by atoms with Gasteiger partial charge in [0, 0.05) is 17.8 Å². The molecule has 2 bridgehead atoms. The minimum Gasteiger partial charge on any atom is -0.326 e. The van der Waals surface area contributed by atoms with Gasteiger partial charge in [-0.25, -0.2) is 0 Å². The fourth-order valence-electron chi connectivity index (χ4n) is 5.62. The number of nitrogens with zero attached hydrogens (tertiary/aromatic N) is 2. The van der Waals surface area contributed by atoms with Crippen molar-refractivity contribution < 1.29 is 19.3 Å². The van der Waals surface area contributed by atoms with E-state index in [1.165, 1.54) is 23.1 Å². The first-order valence-electron chi connectivity index (χ1n) is 11.0. The molecule has 1 aliphatic heterocycles. The van der Waals surface area contributed by atoms with Gasteiger partial charge in [-0.1, -0.05) is 42.5 Å². The second-order valence-corrected chi connectivity index (χ2v) is 8.98. The number of non-ortho nitro benzene ring substituents is 1. The number of carbonyl (C=O) groups is 3. The van der Waals surface area contributed by atoms with Crippen LogP contribution in [0.5, 0.6) is 0 Å². The number of allylic oxidation sites excluding steroid dienone is 2. The van der Waals surface area contributed by atoms with Crippen molar-refractivity contribution in [1.82, 2.24) is 4.90 Å². The predicted octanol–water partition coefficient (Wildman–Crippen LogP) is 3.78. The highest BCUT2D eigenvalue weighted by Gasteiger charge is 2.60. The van der Waals surface area contributed by atoms with E-state index in [0.717, 1.165) is 17.5 Å². The molecule has 5 atom stereocenters. The lowest BCUT2D eigenvalue weighted by molar-refractivity contribution is -0.384. The fourth-order valence-corrected chi connectivity index (χ4v) is 5.62. The summed E-state index contributed by atoms with van der Waals surface area (Å²) >= 11 is 0. The molecule has 3 amide bonds. The molecule has 2 fully saturated rings. The maximum Gasteiger partial charge on any atom is 0.271 e. The second-order valence-electron chi connectivity index (χ2n) is 8.98. The molecule has 1 saturated carbocycles. The SMILES string of the molecule is Cc1ccccc1C(CC(=O)Nc1cccc([N+](=O)[O-])c1)N1C(=O)C2C3C=CC(C3)C2C1=O. The second kappa shape index (κ2) is 7.95. The number of fused-ring (bicyclic) bond motifs is 5. The van der Waals surface area contributed by atoms with Crippen molar-refractivity contribution in [3.8, 4) is 0 Å². The Hall–Kier alpha value is -3.81. The lowest BCUT2D eigenvalue weighted by Crippen LogP contribution is -2.38. The van der Waals surface area contributed by atoms with Crippen molar-refractivity contribution in [2.45, 2.75) is 25.8 Å². The molecule has 33 heavy (non-hydrogen) atoms. The number of amides is 3. The van der Waals surface area contributed by atoms with Crippen LogP contribution in [0.1, 0.15) is 30.0 Å². The summed E-state index contributed by atoms with van der Waals surface area (Å²) < 4.78 is 0. The number of carbonyl (C=O) groups excluding carboxylic acids is 3. The normalized spacial score (nSPS) is 25.9. The summed E-state index contributed by atoms with van der Waals surface area (Å²) in [5, 5.41) is 13.7. The van der Waals surface area contributed by atoms with E-state index in [-0.39, 0.29) is 53.3 Å². The van der Waals surface area contributed by atoms with E-state index >= 15 is 0 Å². The van der Waals surface area contributed by atoms with Crippen LogP contribution < -0.4 is 5.32 Å². The van der Waals surface area contributed by atoms with Gasteiger partial charge in [0.1, 0.15) is 0 Å². The summed E-state index contributed by atoms with van der Waals surface area (Å²) in [6, 6.07) is 12.3. The Balaban J connectivity index is 1.44. The third kappa shape index (κ3) is 3.51. The van der Waals surface area contributed by atoms with Gasteiger partial charge in [0.15, 0.2) is 0 Å². The average Bonchev–Trinajstić information content (AvgIpc) is 3.47. The van der Waals surface area contributed by atoms with Crippen LogP contribution in [-0.4, -0.2) is 27.5 Å². The van der Waals surface area contributed by atoms with Crippen LogP contribution in [0.3, 0.4) is 0 Å². The Kier molecular flexibility index (Phi) is 5.08. The maximum absolute atomic E-state index is 13.4. The Morgan fingerprint density at radius 3 is 2.39 bits per heavy atom. The van der Waals surface area contributed by atoms with Crippen LogP contribution in [0.25, 0.3) is 0 Å². The fraction of sp³-hybridized carbons (Fsp3) is 0.320. The van der Waals surface area contributed by atoms with Crippen molar-refractivity contribution >= 4 is 29.1 Å². The molecule has 2 aromatic carbocycles. The number of nitro benzene ring substituents is 1. The van der Waals surface area contributed by atoms with Gasteiger partial charge in [-0.3, -0.25) is 29.4 Å². The maximum atomic E-state index is 13.4. The van der Waals surface area contributed by atoms with Crippen molar-refractivity contribution in [2.24, 2.45) is 23.7 Å². The summed E-state index contributed by atoms with van der Waals surface area (Å²) in [5.41, 5.74) is 1.78. The Morgan fingerprint density at radius 1 is 1.09 bits per heavy atom. The largest absolute Gasteiger partial charge is 0.326 e. The average molecular weight is 445 g/mol. The van der Waals surface area contributed by atoms with Crippen LogP contribution in [-0.2, 0) is 14.4 Å². The number of benzene rings is 2. The minimum absolute atomic E-state index is 0.0812. The molecule has 0 spiro atoms. The van der Waals surface area contributed by atoms with Crippen LogP contribution in [0.2, 0.25) is 0 Å². The first-order chi connectivity index (χ1) is 15.8. The number of imide groups is 1. The highest BCUT2D eigenvalue weighted by atomic mass is 16.6. The molecule has 2 aromatic rings. The molecule has 5 rings (SSSR count). The lowest BCUT2D eigenvalue weighted by atomic mass is 9.85. The van der Waals surface area contributed by atoms with Crippen LogP contribution in [0, 0.1) is 40.7 Å². The molecule has 2 aliphatic carbocycles. The number of rotatable bonds is 6. The monoisotopic (exact) mass is 445 g/mol. The van der Waals surface area contributed by atoms with E-state index in [0.29, 0.717) is 0 Å². The van der Waals surface area contributed by atoms with Crippen molar-refractivity contribution in [3.05, 3.63) is 81.9 Å². The van der Waals surface area contributed by atoms with Crippen LogP contribution in [0.15, 0.2) is 60.7 Å². The number of nitro groups is 1. The molecule has 8 heteroatoms.